The first-order chi connectivity index (χ1) is 8.93. The molecule has 0 aromatic heterocycles. The van der Waals surface area contributed by atoms with Crippen LogP contribution in [0.3, 0.4) is 0 Å². The standard InChI is InChI=1S/C14H23NO4/c1-8-9(2)19-10(3)12(8)13(16)15-7-5-4-6-11(15)14(17)18/h8-12H,4-7H2,1-3H3,(H,17,18)/t8?,9?,10?,11-,12?/m1/s1. The molecule has 0 spiro atoms. The van der Waals surface area contributed by atoms with Crippen molar-refractivity contribution in [2.24, 2.45) is 11.8 Å². The summed E-state index contributed by atoms with van der Waals surface area (Å²) in [5.74, 6) is -1.01. The second-order valence-corrected chi connectivity index (χ2v) is 5.81. The summed E-state index contributed by atoms with van der Waals surface area (Å²) in [6.45, 7) is 6.44. The summed E-state index contributed by atoms with van der Waals surface area (Å²) >= 11 is 0. The van der Waals surface area contributed by atoms with Gasteiger partial charge in [-0.2, -0.15) is 0 Å². The van der Waals surface area contributed by atoms with Crippen molar-refractivity contribution in [3.8, 4) is 0 Å². The van der Waals surface area contributed by atoms with Crippen molar-refractivity contribution in [3.05, 3.63) is 0 Å². The third kappa shape index (κ3) is 2.61. The molecule has 5 heteroatoms. The Hall–Kier alpha value is -1.10. The fraction of sp³-hybridized carbons (Fsp3) is 0.857. The molecule has 0 aromatic carbocycles. The van der Waals surface area contributed by atoms with Crippen molar-refractivity contribution in [2.45, 2.75) is 58.3 Å². The summed E-state index contributed by atoms with van der Waals surface area (Å²) < 4.78 is 5.70. The molecule has 2 heterocycles. The number of likely N-dealkylation sites (tertiary alicyclic amines) is 1. The van der Waals surface area contributed by atoms with Gasteiger partial charge in [0.25, 0.3) is 0 Å². The minimum Gasteiger partial charge on any atom is -0.480 e. The Bertz CT molecular complexity index is 370. The van der Waals surface area contributed by atoms with Gasteiger partial charge in [-0.15, -0.1) is 0 Å². The van der Waals surface area contributed by atoms with Crippen LogP contribution in [0.15, 0.2) is 0 Å². The van der Waals surface area contributed by atoms with Crippen LogP contribution in [-0.4, -0.2) is 46.7 Å². The first kappa shape index (κ1) is 14.3. The summed E-state index contributed by atoms with van der Waals surface area (Å²) in [5.41, 5.74) is 0. The fourth-order valence-corrected chi connectivity index (χ4v) is 3.34. The molecule has 2 rings (SSSR count). The second kappa shape index (κ2) is 5.49. The molecule has 0 aliphatic carbocycles. The molecular weight excluding hydrogens is 246 g/mol. The van der Waals surface area contributed by atoms with Gasteiger partial charge in [-0.05, 0) is 39.0 Å². The molecule has 5 atom stereocenters. The number of carboxylic acid groups (broad SMARTS) is 1. The number of nitrogens with zero attached hydrogens (tertiary/aromatic N) is 1. The first-order valence-electron chi connectivity index (χ1n) is 7.12. The van der Waals surface area contributed by atoms with Gasteiger partial charge in [0.15, 0.2) is 0 Å². The van der Waals surface area contributed by atoms with Crippen LogP contribution in [0.25, 0.3) is 0 Å². The van der Waals surface area contributed by atoms with E-state index in [-0.39, 0.29) is 30.0 Å². The molecule has 1 N–H and O–H groups in total. The van der Waals surface area contributed by atoms with Gasteiger partial charge in [0.2, 0.25) is 5.91 Å². The van der Waals surface area contributed by atoms with Gasteiger partial charge in [-0.25, -0.2) is 4.79 Å². The number of rotatable bonds is 2. The van der Waals surface area contributed by atoms with Crippen molar-refractivity contribution in [1.29, 1.82) is 0 Å². The van der Waals surface area contributed by atoms with E-state index in [1.807, 2.05) is 20.8 Å². The van der Waals surface area contributed by atoms with Crippen molar-refractivity contribution >= 4 is 11.9 Å². The van der Waals surface area contributed by atoms with Crippen LogP contribution in [0.1, 0.15) is 40.0 Å². The van der Waals surface area contributed by atoms with E-state index < -0.39 is 12.0 Å². The molecular formula is C14H23NO4. The van der Waals surface area contributed by atoms with Crippen LogP contribution in [0.5, 0.6) is 0 Å². The maximum Gasteiger partial charge on any atom is 0.326 e. The summed E-state index contributed by atoms with van der Waals surface area (Å²) in [5, 5.41) is 9.26. The highest BCUT2D eigenvalue weighted by Crippen LogP contribution is 2.34. The zero-order chi connectivity index (χ0) is 14.2. The van der Waals surface area contributed by atoms with E-state index in [9.17, 15) is 14.7 Å². The highest BCUT2D eigenvalue weighted by atomic mass is 16.5. The summed E-state index contributed by atoms with van der Waals surface area (Å²) in [4.78, 5) is 25.5. The van der Waals surface area contributed by atoms with E-state index in [0.717, 1.165) is 12.8 Å². The molecule has 2 saturated heterocycles. The number of aliphatic carboxylic acids is 1. The van der Waals surface area contributed by atoms with Crippen molar-refractivity contribution < 1.29 is 19.4 Å². The van der Waals surface area contributed by atoms with Gasteiger partial charge in [0, 0.05) is 6.54 Å². The monoisotopic (exact) mass is 269 g/mol. The van der Waals surface area contributed by atoms with E-state index in [2.05, 4.69) is 0 Å². The Morgan fingerprint density at radius 2 is 1.84 bits per heavy atom. The number of ether oxygens (including phenoxy) is 1. The molecule has 0 bridgehead atoms. The number of carboxylic acids is 1. The lowest BCUT2D eigenvalue weighted by atomic mass is 9.87. The van der Waals surface area contributed by atoms with E-state index >= 15 is 0 Å². The molecule has 5 nitrogen and oxygen atoms in total. The Morgan fingerprint density at radius 1 is 1.16 bits per heavy atom. The van der Waals surface area contributed by atoms with E-state index in [1.165, 1.54) is 0 Å². The maximum atomic E-state index is 12.7. The topological polar surface area (TPSA) is 66.8 Å². The number of carbonyl (C=O) groups is 2. The molecule has 2 aliphatic rings. The number of piperidine rings is 1. The average Bonchev–Trinajstić information content (AvgIpc) is 2.62. The van der Waals surface area contributed by atoms with Crippen molar-refractivity contribution in [2.75, 3.05) is 6.54 Å². The van der Waals surface area contributed by atoms with Gasteiger partial charge in [-0.1, -0.05) is 6.92 Å². The van der Waals surface area contributed by atoms with Crippen molar-refractivity contribution in [3.63, 3.8) is 0 Å². The molecule has 19 heavy (non-hydrogen) atoms. The lowest BCUT2D eigenvalue weighted by Gasteiger charge is -2.36. The van der Waals surface area contributed by atoms with E-state index in [4.69, 9.17) is 4.74 Å². The number of hydrogen-bond donors (Lipinski definition) is 1. The highest BCUT2D eigenvalue weighted by Gasteiger charge is 2.45. The quantitative estimate of drug-likeness (QED) is 0.825. The molecule has 2 fully saturated rings. The SMILES string of the molecule is CC1OC(C)C(C(=O)N2CCCC[C@@H]2C(=O)O)C1C. The molecule has 1 amide bonds. The van der Waals surface area contributed by atoms with Crippen LogP contribution in [0.2, 0.25) is 0 Å². The highest BCUT2D eigenvalue weighted by molar-refractivity contribution is 5.86. The predicted octanol–water partition coefficient (Wildman–Crippen LogP) is 1.51. The van der Waals surface area contributed by atoms with Crippen LogP contribution in [-0.2, 0) is 14.3 Å². The smallest absolute Gasteiger partial charge is 0.326 e. The van der Waals surface area contributed by atoms with Crippen LogP contribution in [0, 0.1) is 11.8 Å². The summed E-state index contributed by atoms with van der Waals surface area (Å²) in [7, 11) is 0. The molecule has 2 aliphatic heterocycles. The van der Waals surface area contributed by atoms with Crippen LogP contribution >= 0.6 is 0 Å². The second-order valence-electron chi connectivity index (χ2n) is 5.81. The van der Waals surface area contributed by atoms with Gasteiger partial charge < -0.3 is 14.7 Å². The van der Waals surface area contributed by atoms with Gasteiger partial charge >= 0.3 is 5.97 Å². The largest absolute Gasteiger partial charge is 0.480 e. The predicted molar refractivity (Wildman–Crippen MR) is 69.7 cm³/mol. The number of hydrogen-bond acceptors (Lipinski definition) is 3. The van der Waals surface area contributed by atoms with E-state index in [1.54, 1.807) is 4.90 Å². The van der Waals surface area contributed by atoms with E-state index in [0.29, 0.717) is 13.0 Å². The average molecular weight is 269 g/mol. The van der Waals surface area contributed by atoms with Gasteiger partial charge in [0.05, 0.1) is 18.1 Å². The minimum atomic E-state index is -0.889. The Balaban J connectivity index is 2.15. The molecule has 4 unspecified atom stereocenters. The van der Waals surface area contributed by atoms with Crippen LogP contribution in [0.4, 0.5) is 0 Å². The Kier molecular flexibility index (Phi) is 4.13. The maximum absolute atomic E-state index is 12.7. The lowest BCUT2D eigenvalue weighted by molar-refractivity contribution is -0.155. The van der Waals surface area contributed by atoms with Crippen molar-refractivity contribution in [1.82, 2.24) is 4.90 Å². The zero-order valence-corrected chi connectivity index (χ0v) is 11.8. The number of carbonyl (C=O) groups excluding carboxylic acids is 1. The zero-order valence-electron chi connectivity index (χ0n) is 11.8. The van der Waals surface area contributed by atoms with Gasteiger partial charge in [-0.3, -0.25) is 4.79 Å². The first-order valence-corrected chi connectivity index (χ1v) is 7.12. The minimum absolute atomic E-state index is 0.0450. The Labute approximate surface area is 113 Å². The molecule has 0 aromatic rings. The van der Waals surface area contributed by atoms with Gasteiger partial charge in [0.1, 0.15) is 6.04 Å². The van der Waals surface area contributed by atoms with Crippen LogP contribution < -0.4 is 0 Å². The number of amides is 1. The third-order valence-electron chi connectivity index (χ3n) is 4.60. The molecule has 108 valence electrons. The summed E-state index contributed by atoms with van der Waals surface area (Å²) in [6.07, 6.45) is 2.25. The third-order valence-corrected chi connectivity index (χ3v) is 4.60. The Morgan fingerprint density at radius 3 is 2.37 bits per heavy atom. The lowest BCUT2D eigenvalue weighted by Crippen LogP contribution is -2.51. The summed E-state index contributed by atoms with van der Waals surface area (Å²) in [6, 6.07) is -0.656. The molecule has 0 radical (unpaired) electrons. The normalized spacial score (nSPS) is 39.3. The fourth-order valence-electron chi connectivity index (χ4n) is 3.34. The molecule has 0 saturated carbocycles.